The molecule has 0 bridgehead atoms. The number of ether oxygens (including phenoxy) is 1. The lowest BCUT2D eigenvalue weighted by Gasteiger charge is -2.35. The molecule has 1 amide bonds. The molecule has 1 aliphatic rings. The molecule has 1 fully saturated rings. The highest BCUT2D eigenvalue weighted by Gasteiger charge is 2.21. The summed E-state index contributed by atoms with van der Waals surface area (Å²) >= 11 is 0. The van der Waals surface area contributed by atoms with E-state index >= 15 is 0 Å². The van der Waals surface area contributed by atoms with Crippen molar-refractivity contribution in [2.24, 2.45) is 0 Å². The Balaban J connectivity index is 1.65. The van der Waals surface area contributed by atoms with Gasteiger partial charge in [-0.25, -0.2) is 0 Å². The van der Waals surface area contributed by atoms with Gasteiger partial charge >= 0.3 is 0 Å². The molecule has 1 saturated heterocycles. The predicted molar refractivity (Wildman–Crippen MR) is 77.6 cm³/mol. The first-order valence-electron chi connectivity index (χ1n) is 7.21. The number of nitrogens with zero attached hydrogens (tertiary/aromatic N) is 2. The maximum absolute atomic E-state index is 11.8. The third kappa shape index (κ3) is 4.58. The van der Waals surface area contributed by atoms with E-state index in [1.165, 1.54) is 0 Å². The van der Waals surface area contributed by atoms with Crippen LogP contribution in [0.5, 0.6) is 0 Å². The molecule has 5 nitrogen and oxygen atoms in total. The molecule has 5 heteroatoms. The van der Waals surface area contributed by atoms with Crippen LogP contribution in [0.2, 0.25) is 0 Å². The van der Waals surface area contributed by atoms with E-state index < -0.39 is 0 Å². The molecule has 0 aliphatic carbocycles. The van der Waals surface area contributed by atoms with E-state index in [-0.39, 0.29) is 5.91 Å². The van der Waals surface area contributed by atoms with Crippen LogP contribution in [0, 0.1) is 0 Å². The first-order valence-corrected chi connectivity index (χ1v) is 7.21. The first kappa shape index (κ1) is 14.9. The van der Waals surface area contributed by atoms with Gasteiger partial charge in [0.05, 0.1) is 12.2 Å². The first-order chi connectivity index (χ1) is 9.65. The molecule has 1 aromatic rings. The van der Waals surface area contributed by atoms with Gasteiger partial charge in [-0.15, -0.1) is 0 Å². The Morgan fingerprint density at radius 3 is 2.65 bits per heavy atom. The number of morpholine rings is 1. The highest BCUT2D eigenvalue weighted by atomic mass is 16.5. The second-order valence-electron chi connectivity index (χ2n) is 5.36. The summed E-state index contributed by atoms with van der Waals surface area (Å²) in [7, 11) is 0. The zero-order chi connectivity index (χ0) is 14.4. The van der Waals surface area contributed by atoms with Crippen LogP contribution in [0.15, 0.2) is 24.5 Å². The van der Waals surface area contributed by atoms with E-state index in [9.17, 15) is 4.79 Å². The summed E-state index contributed by atoms with van der Waals surface area (Å²) in [6.45, 7) is 7.85. The number of hydrogen-bond donors (Lipinski definition) is 1. The van der Waals surface area contributed by atoms with Gasteiger partial charge in [0.2, 0.25) is 0 Å². The monoisotopic (exact) mass is 277 g/mol. The van der Waals surface area contributed by atoms with E-state index in [4.69, 9.17) is 4.74 Å². The summed E-state index contributed by atoms with van der Waals surface area (Å²) in [6.07, 6.45) is 4.81. The van der Waals surface area contributed by atoms with Crippen LogP contribution in [0.4, 0.5) is 0 Å². The van der Waals surface area contributed by atoms with Crippen LogP contribution < -0.4 is 5.32 Å². The lowest BCUT2D eigenvalue weighted by Crippen LogP contribution is -2.46. The second kappa shape index (κ2) is 7.36. The summed E-state index contributed by atoms with van der Waals surface area (Å²) in [5.74, 6) is -0.0314. The van der Waals surface area contributed by atoms with Crippen LogP contribution >= 0.6 is 0 Å². The molecule has 0 spiro atoms. The van der Waals surface area contributed by atoms with Gasteiger partial charge in [0, 0.05) is 44.1 Å². The fourth-order valence-corrected chi connectivity index (χ4v) is 2.58. The Morgan fingerprint density at radius 1 is 1.35 bits per heavy atom. The number of carbonyl (C=O) groups excluding carboxylic acids is 1. The number of pyridine rings is 1. The van der Waals surface area contributed by atoms with Gasteiger partial charge < -0.3 is 10.1 Å². The van der Waals surface area contributed by atoms with Crippen molar-refractivity contribution >= 4 is 5.91 Å². The summed E-state index contributed by atoms with van der Waals surface area (Å²) in [5, 5.41) is 2.94. The third-order valence-electron chi connectivity index (χ3n) is 3.37. The molecule has 2 atom stereocenters. The molecule has 110 valence electrons. The van der Waals surface area contributed by atoms with Crippen molar-refractivity contribution in [3.63, 3.8) is 0 Å². The van der Waals surface area contributed by atoms with Crippen molar-refractivity contribution in [3.05, 3.63) is 30.1 Å². The van der Waals surface area contributed by atoms with E-state index in [2.05, 4.69) is 29.0 Å². The molecule has 0 unspecified atom stereocenters. The Hall–Kier alpha value is -1.46. The fourth-order valence-electron chi connectivity index (χ4n) is 2.58. The van der Waals surface area contributed by atoms with Crippen molar-refractivity contribution < 1.29 is 9.53 Å². The summed E-state index contributed by atoms with van der Waals surface area (Å²) in [5.41, 5.74) is 0.661. The van der Waals surface area contributed by atoms with Crippen molar-refractivity contribution in [2.75, 3.05) is 26.2 Å². The van der Waals surface area contributed by atoms with Crippen LogP contribution in [0.25, 0.3) is 0 Å². The number of hydrogen-bond acceptors (Lipinski definition) is 4. The number of rotatable bonds is 5. The molecule has 1 aromatic heterocycles. The van der Waals surface area contributed by atoms with Gasteiger partial charge in [-0.3, -0.25) is 14.7 Å². The van der Waals surface area contributed by atoms with Crippen LogP contribution in [-0.2, 0) is 4.74 Å². The van der Waals surface area contributed by atoms with Crippen molar-refractivity contribution in [2.45, 2.75) is 32.5 Å². The number of amides is 1. The normalized spacial score (nSPS) is 23.5. The number of aromatic nitrogens is 1. The van der Waals surface area contributed by atoms with Gasteiger partial charge in [-0.1, -0.05) is 0 Å². The molecular formula is C15H23N3O2. The van der Waals surface area contributed by atoms with Gasteiger partial charge in [-0.05, 0) is 32.4 Å². The minimum Gasteiger partial charge on any atom is -0.373 e. The van der Waals surface area contributed by atoms with Gasteiger partial charge in [0.25, 0.3) is 5.91 Å². The maximum atomic E-state index is 11.8. The van der Waals surface area contributed by atoms with E-state index in [0.717, 1.165) is 26.1 Å². The van der Waals surface area contributed by atoms with E-state index in [1.54, 1.807) is 24.5 Å². The lowest BCUT2D eigenvalue weighted by atomic mass is 10.2. The van der Waals surface area contributed by atoms with E-state index in [1.807, 2.05) is 0 Å². The quantitative estimate of drug-likeness (QED) is 0.825. The van der Waals surface area contributed by atoms with Crippen LogP contribution in [0.3, 0.4) is 0 Å². The molecular weight excluding hydrogens is 254 g/mol. The number of carbonyl (C=O) groups is 1. The van der Waals surface area contributed by atoms with Gasteiger partial charge in [0.15, 0.2) is 0 Å². The zero-order valence-corrected chi connectivity index (χ0v) is 12.2. The average molecular weight is 277 g/mol. The van der Waals surface area contributed by atoms with Crippen molar-refractivity contribution in [1.82, 2.24) is 15.2 Å². The minimum atomic E-state index is -0.0314. The summed E-state index contributed by atoms with van der Waals surface area (Å²) in [4.78, 5) is 18.1. The minimum absolute atomic E-state index is 0.0314. The molecule has 2 rings (SSSR count). The topological polar surface area (TPSA) is 54.5 Å². The molecule has 0 radical (unpaired) electrons. The van der Waals surface area contributed by atoms with Crippen LogP contribution in [-0.4, -0.2) is 54.2 Å². The Bertz CT molecular complexity index is 414. The molecule has 1 N–H and O–H groups in total. The molecule has 20 heavy (non-hydrogen) atoms. The predicted octanol–water partition coefficient (Wildman–Crippen LogP) is 1.31. The van der Waals surface area contributed by atoms with Crippen molar-refractivity contribution in [3.8, 4) is 0 Å². The highest BCUT2D eigenvalue weighted by molar-refractivity contribution is 5.93. The highest BCUT2D eigenvalue weighted by Crippen LogP contribution is 2.10. The second-order valence-corrected chi connectivity index (χ2v) is 5.36. The molecule has 0 saturated carbocycles. The average Bonchev–Trinajstić information content (AvgIpc) is 2.43. The summed E-state index contributed by atoms with van der Waals surface area (Å²) in [6, 6.07) is 3.45. The molecule has 1 aliphatic heterocycles. The SMILES string of the molecule is C[C@H]1CN(CCCNC(=O)c2ccncc2)C[C@H](C)O1. The van der Waals surface area contributed by atoms with Gasteiger partial charge in [0.1, 0.15) is 0 Å². The largest absolute Gasteiger partial charge is 0.373 e. The zero-order valence-electron chi connectivity index (χ0n) is 12.2. The standard InChI is InChI=1S/C15H23N3O2/c1-12-10-18(11-13(2)20-12)9-3-6-17-15(19)14-4-7-16-8-5-14/h4-5,7-8,12-13H,3,6,9-11H2,1-2H3,(H,17,19)/t12-,13-/m0/s1. The fraction of sp³-hybridized carbons (Fsp3) is 0.600. The molecule has 0 aromatic carbocycles. The van der Waals surface area contributed by atoms with Crippen molar-refractivity contribution in [1.29, 1.82) is 0 Å². The Morgan fingerprint density at radius 2 is 2.00 bits per heavy atom. The van der Waals surface area contributed by atoms with E-state index in [0.29, 0.717) is 24.3 Å². The maximum Gasteiger partial charge on any atom is 0.251 e. The third-order valence-corrected chi connectivity index (χ3v) is 3.37. The lowest BCUT2D eigenvalue weighted by molar-refractivity contribution is -0.0679. The Kier molecular flexibility index (Phi) is 5.49. The smallest absolute Gasteiger partial charge is 0.251 e. The Labute approximate surface area is 120 Å². The summed E-state index contributed by atoms with van der Waals surface area (Å²) < 4.78 is 5.70. The van der Waals surface area contributed by atoms with Crippen LogP contribution in [0.1, 0.15) is 30.6 Å². The molecule has 2 heterocycles. The van der Waals surface area contributed by atoms with Gasteiger partial charge in [-0.2, -0.15) is 0 Å². The number of nitrogens with one attached hydrogen (secondary N) is 1.